The van der Waals surface area contributed by atoms with Crippen LogP contribution >= 0.6 is 15.9 Å². The number of benzene rings is 1. The average molecular weight is 344 g/mol. The molecule has 6 nitrogen and oxygen atoms in total. The van der Waals surface area contributed by atoms with Crippen LogP contribution in [0.3, 0.4) is 0 Å². The number of ether oxygens (including phenoxy) is 1. The van der Waals surface area contributed by atoms with Crippen LogP contribution in [0.5, 0.6) is 0 Å². The van der Waals surface area contributed by atoms with Crippen molar-refractivity contribution in [3.8, 4) is 0 Å². The first-order chi connectivity index (χ1) is 9.35. The summed E-state index contributed by atoms with van der Waals surface area (Å²) in [4.78, 5) is 34.2. The van der Waals surface area contributed by atoms with Gasteiger partial charge in [0.1, 0.15) is 6.04 Å². The van der Waals surface area contributed by atoms with E-state index in [-0.39, 0.29) is 0 Å². The Labute approximate surface area is 124 Å². The Hall–Kier alpha value is -1.89. The van der Waals surface area contributed by atoms with Crippen LogP contribution in [0, 0.1) is 6.92 Å². The van der Waals surface area contributed by atoms with Gasteiger partial charge >= 0.3 is 11.9 Å². The number of carbonyl (C=O) groups is 3. The van der Waals surface area contributed by atoms with Gasteiger partial charge in [0.2, 0.25) is 0 Å². The van der Waals surface area contributed by atoms with Gasteiger partial charge in [0.15, 0.2) is 0 Å². The summed E-state index contributed by atoms with van der Waals surface area (Å²) < 4.78 is 4.94. The molecule has 0 spiro atoms. The van der Waals surface area contributed by atoms with E-state index in [9.17, 15) is 14.4 Å². The summed E-state index contributed by atoms with van der Waals surface area (Å²) in [5.41, 5.74) is 1.17. The number of nitrogens with one attached hydrogen (secondary N) is 1. The molecule has 1 atom stereocenters. The Kier molecular flexibility index (Phi) is 5.69. The summed E-state index contributed by atoms with van der Waals surface area (Å²) in [7, 11) is 1.15. The monoisotopic (exact) mass is 343 g/mol. The number of methoxy groups -OCH3 is 1. The zero-order chi connectivity index (χ0) is 15.3. The third-order valence-electron chi connectivity index (χ3n) is 2.57. The van der Waals surface area contributed by atoms with Gasteiger partial charge in [-0.15, -0.1) is 0 Å². The maximum atomic E-state index is 12.0. The van der Waals surface area contributed by atoms with Crippen LogP contribution in [0.25, 0.3) is 0 Å². The number of rotatable bonds is 5. The van der Waals surface area contributed by atoms with Crippen LogP contribution in [-0.4, -0.2) is 36.1 Å². The molecule has 0 radical (unpaired) electrons. The Morgan fingerprint density at radius 3 is 2.60 bits per heavy atom. The van der Waals surface area contributed by atoms with E-state index >= 15 is 0 Å². The largest absolute Gasteiger partial charge is 0.480 e. The van der Waals surface area contributed by atoms with Crippen LogP contribution in [0.2, 0.25) is 0 Å². The number of carboxylic acid groups (broad SMARTS) is 1. The van der Waals surface area contributed by atoms with Crippen molar-refractivity contribution in [2.45, 2.75) is 19.4 Å². The maximum Gasteiger partial charge on any atom is 0.326 e. The molecule has 0 fully saturated rings. The number of carboxylic acids is 1. The molecule has 1 aromatic carbocycles. The zero-order valence-corrected chi connectivity index (χ0v) is 12.6. The number of carbonyl (C=O) groups excluding carboxylic acids is 2. The normalized spacial score (nSPS) is 11.6. The van der Waals surface area contributed by atoms with Crippen molar-refractivity contribution < 1.29 is 24.2 Å². The minimum atomic E-state index is -1.33. The molecule has 0 aliphatic carbocycles. The molecule has 20 heavy (non-hydrogen) atoms. The molecule has 1 aromatic rings. The van der Waals surface area contributed by atoms with E-state index in [0.717, 1.165) is 12.7 Å². The fourth-order valence-electron chi connectivity index (χ4n) is 1.50. The lowest BCUT2D eigenvalue weighted by molar-refractivity contribution is -0.147. The van der Waals surface area contributed by atoms with E-state index in [1.165, 1.54) is 0 Å². The van der Waals surface area contributed by atoms with E-state index in [2.05, 4.69) is 26.0 Å². The summed E-state index contributed by atoms with van der Waals surface area (Å²) in [6.07, 6.45) is -0.430. The zero-order valence-electron chi connectivity index (χ0n) is 11.0. The van der Waals surface area contributed by atoms with Gasteiger partial charge in [-0.1, -0.05) is 11.6 Å². The summed E-state index contributed by atoms with van der Waals surface area (Å²) >= 11 is 3.22. The molecule has 1 rings (SSSR count). The Bertz CT molecular complexity index is 544. The van der Waals surface area contributed by atoms with Crippen LogP contribution < -0.4 is 5.32 Å². The summed E-state index contributed by atoms with van der Waals surface area (Å²) in [5.74, 6) is -2.58. The molecular weight excluding hydrogens is 330 g/mol. The quantitative estimate of drug-likeness (QED) is 0.790. The summed E-state index contributed by atoms with van der Waals surface area (Å²) in [6, 6.07) is 3.79. The molecule has 7 heteroatoms. The lowest BCUT2D eigenvalue weighted by atomic mass is 10.1. The fraction of sp³-hybridized carbons (Fsp3) is 0.308. The predicted octanol–water partition coefficient (Wildman–Crippen LogP) is 1.50. The molecule has 0 aromatic heterocycles. The summed E-state index contributed by atoms with van der Waals surface area (Å²) in [6.45, 7) is 1.81. The third kappa shape index (κ3) is 4.34. The van der Waals surface area contributed by atoms with Crippen molar-refractivity contribution in [2.75, 3.05) is 7.11 Å². The van der Waals surface area contributed by atoms with E-state index in [4.69, 9.17) is 5.11 Å². The van der Waals surface area contributed by atoms with Crippen LogP contribution in [0.15, 0.2) is 22.7 Å². The highest BCUT2D eigenvalue weighted by Gasteiger charge is 2.25. The minimum Gasteiger partial charge on any atom is -0.480 e. The van der Waals surface area contributed by atoms with E-state index in [1.54, 1.807) is 12.1 Å². The topological polar surface area (TPSA) is 92.7 Å². The number of hydrogen-bond acceptors (Lipinski definition) is 4. The van der Waals surface area contributed by atoms with Crippen LogP contribution in [-0.2, 0) is 14.3 Å². The first-order valence-corrected chi connectivity index (χ1v) is 6.51. The molecule has 0 saturated carbocycles. The summed E-state index contributed by atoms with van der Waals surface area (Å²) in [5, 5.41) is 11.3. The number of halogens is 1. The number of amides is 1. The minimum absolute atomic E-state index is 0.307. The van der Waals surface area contributed by atoms with Gasteiger partial charge in [-0.2, -0.15) is 0 Å². The SMILES string of the molecule is COC(=O)C[C@H](NC(=O)c1cc(C)ccc1Br)C(=O)O. The molecular formula is C13H14BrNO5. The molecule has 0 aliphatic rings. The highest BCUT2D eigenvalue weighted by Crippen LogP contribution is 2.18. The molecule has 0 unspecified atom stereocenters. The van der Waals surface area contributed by atoms with Crippen molar-refractivity contribution in [3.05, 3.63) is 33.8 Å². The highest BCUT2D eigenvalue weighted by atomic mass is 79.9. The number of aryl methyl sites for hydroxylation is 1. The third-order valence-corrected chi connectivity index (χ3v) is 3.26. The maximum absolute atomic E-state index is 12.0. The van der Waals surface area contributed by atoms with E-state index in [0.29, 0.717) is 10.0 Å². The molecule has 0 saturated heterocycles. The molecule has 0 aliphatic heterocycles. The van der Waals surface area contributed by atoms with Gasteiger partial charge in [0.05, 0.1) is 19.1 Å². The molecule has 108 valence electrons. The second-order valence-electron chi connectivity index (χ2n) is 4.13. The number of hydrogen-bond donors (Lipinski definition) is 2. The smallest absolute Gasteiger partial charge is 0.326 e. The van der Waals surface area contributed by atoms with Gasteiger partial charge in [0.25, 0.3) is 5.91 Å². The standard InChI is InChI=1S/C13H14BrNO5/c1-7-3-4-9(14)8(5-7)12(17)15-10(13(18)19)6-11(16)20-2/h3-5,10H,6H2,1-2H3,(H,15,17)(H,18,19)/t10-/m0/s1. The van der Waals surface area contributed by atoms with Crippen molar-refractivity contribution in [1.82, 2.24) is 5.32 Å². The number of aliphatic carboxylic acids is 1. The molecule has 0 bridgehead atoms. The van der Waals surface area contributed by atoms with Crippen LogP contribution in [0.4, 0.5) is 0 Å². The van der Waals surface area contributed by atoms with Gasteiger partial charge in [-0.05, 0) is 35.0 Å². The Morgan fingerprint density at radius 1 is 1.40 bits per heavy atom. The van der Waals surface area contributed by atoms with Crippen molar-refractivity contribution in [2.24, 2.45) is 0 Å². The molecule has 2 N–H and O–H groups in total. The van der Waals surface area contributed by atoms with E-state index < -0.39 is 30.3 Å². The molecule has 0 heterocycles. The van der Waals surface area contributed by atoms with Gasteiger partial charge in [0, 0.05) is 4.47 Å². The van der Waals surface area contributed by atoms with Crippen molar-refractivity contribution in [1.29, 1.82) is 0 Å². The lowest BCUT2D eigenvalue weighted by Gasteiger charge is -2.14. The molecule has 1 amide bonds. The first-order valence-electron chi connectivity index (χ1n) is 5.71. The van der Waals surface area contributed by atoms with Crippen molar-refractivity contribution >= 4 is 33.8 Å². The Morgan fingerprint density at radius 2 is 2.05 bits per heavy atom. The van der Waals surface area contributed by atoms with Gasteiger partial charge in [-0.25, -0.2) is 4.79 Å². The van der Waals surface area contributed by atoms with Crippen molar-refractivity contribution in [3.63, 3.8) is 0 Å². The first kappa shape index (κ1) is 16.2. The van der Waals surface area contributed by atoms with Gasteiger partial charge < -0.3 is 15.2 Å². The fourth-order valence-corrected chi connectivity index (χ4v) is 1.93. The van der Waals surface area contributed by atoms with Crippen LogP contribution in [0.1, 0.15) is 22.3 Å². The number of esters is 1. The van der Waals surface area contributed by atoms with Gasteiger partial charge in [-0.3, -0.25) is 9.59 Å². The second kappa shape index (κ2) is 7.04. The lowest BCUT2D eigenvalue weighted by Crippen LogP contribution is -2.42. The second-order valence-corrected chi connectivity index (χ2v) is 4.98. The Balaban J connectivity index is 2.88. The van der Waals surface area contributed by atoms with E-state index in [1.807, 2.05) is 13.0 Å². The predicted molar refractivity (Wildman–Crippen MR) is 74.4 cm³/mol. The highest BCUT2D eigenvalue weighted by molar-refractivity contribution is 9.10. The average Bonchev–Trinajstić information content (AvgIpc) is 2.40.